The molecule has 2 fully saturated rings. The van der Waals surface area contributed by atoms with Gasteiger partial charge in [0.15, 0.2) is 6.04 Å². The van der Waals surface area contributed by atoms with Crippen LogP contribution in [0.15, 0.2) is 49.0 Å². The Morgan fingerprint density at radius 3 is 2.36 bits per heavy atom. The molecule has 8 heteroatoms. The molecule has 0 bridgehead atoms. The van der Waals surface area contributed by atoms with Crippen molar-refractivity contribution in [2.45, 2.75) is 58.8 Å². The van der Waals surface area contributed by atoms with Gasteiger partial charge < -0.3 is 20.4 Å². The zero-order chi connectivity index (χ0) is 28.1. The van der Waals surface area contributed by atoms with Gasteiger partial charge in [-0.15, -0.1) is 0 Å². The van der Waals surface area contributed by atoms with E-state index in [1.807, 2.05) is 24.3 Å². The van der Waals surface area contributed by atoms with Crippen LogP contribution in [0.3, 0.4) is 0 Å². The quantitative estimate of drug-likeness (QED) is 0.213. The fourth-order valence-corrected chi connectivity index (χ4v) is 5.13. The topological polar surface area (TPSA) is 101 Å². The normalized spacial score (nSPS) is 21.7. The zero-order valence-corrected chi connectivity index (χ0v) is 23.2. The van der Waals surface area contributed by atoms with Crippen molar-refractivity contribution >= 4 is 23.5 Å². The van der Waals surface area contributed by atoms with E-state index in [1.165, 1.54) is 22.4 Å². The van der Waals surface area contributed by atoms with Crippen molar-refractivity contribution in [1.82, 2.24) is 25.8 Å². The van der Waals surface area contributed by atoms with Gasteiger partial charge in [0.2, 0.25) is 0 Å². The van der Waals surface area contributed by atoms with Crippen LogP contribution < -0.4 is 16.0 Å². The number of hydrogen-bond donors (Lipinski definition) is 4. The largest absolute Gasteiger partial charge is 0.367 e. The number of carbonyl (C=O) groups excluding carboxylic acids is 2. The lowest BCUT2D eigenvalue weighted by atomic mass is 10.0. The smallest absolute Gasteiger partial charge is 0.322 e. The van der Waals surface area contributed by atoms with Gasteiger partial charge in [-0.1, -0.05) is 49.6 Å². The molecule has 0 spiro atoms. The molecule has 4 N–H and O–H groups in total. The Bertz CT molecular complexity index is 1310. The maximum absolute atomic E-state index is 11.5. The van der Waals surface area contributed by atoms with E-state index < -0.39 is 18.0 Å². The van der Waals surface area contributed by atoms with Gasteiger partial charge in [0, 0.05) is 60.7 Å². The molecule has 204 valence electrons. The van der Waals surface area contributed by atoms with Gasteiger partial charge in [-0.05, 0) is 56.5 Å². The molecule has 3 aliphatic rings. The van der Waals surface area contributed by atoms with Crippen molar-refractivity contribution in [3.05, 3.63) is 76.9 Å². The summed E-state index contributed by atoms with van der Waals surface area (Å²) < 4.78 is 0. The molecule has 2 aromatic rings. The second kappa shape index (κ2) is 12.2. The highest BCUT2D eigenvalue weighted by molar-refractivity contribution is 6.05. The number of imide groups is 1. The van der Waals surface area contributed by atoms with Crippen molar-refractivity contribution < 1.29 is 9.59 Å². The zero-order valence-electron chi connectivity index (χ0n) is 23.2. The van der Waals surface area contributed by atoms with Crippen molar-refractivity contribution in [3.63, 3.8) is 0 Å². The number of hydrogen-bond acceptors (Lipinski definition) is 5. The fraction of sp³-hybridized carbons (Fsp3) is 0.387. The number of carbonyl (C=O) groups is 2. The van der Waals surface area contributed by atoms with Crippen LogP contribution in [0.5, 0.6) is 0 Å². The van der Waals surface area contributed by atoms with E-state index in [0.29, 0.717) is 5.84 Å². The first-order chi connectivity index (χ1) is 18.7. The molecule has 0 aliphatic carbocycles. The van der Waals surface area contributed by atoms with Crippen molar-refractivity contribution in [2.75, 3.05) is 19.6 Å². The van der Waals surface area contributed by atoms with Crippen molar-refractivity contribution in [3.8, 4) is 11.8 Å². The van der Waals surface area contributed by atoms with Gasteiger partial charge in [0.25, 0.3) is 5.91 Å². The van der Waals surface area contributed by atoms with Crippen LogP contribution in [0.4, 0.5) is 4.79 Å². The van der Waals surface area contributed by atoms with Crippen LogP contribution in [0.25, 0.3) is 5.70 Å². The highest BCUT2D eigenvalue weighted by atomic mass is 16.2. The summed E-state index contributed by atoms with van der Waals surface area (Å²) in [7, 11) is 0. The minimum absolute atomic E-state index is 0.264. The summed E-state index contributed by atoms with van der Waals surface area (Å²) in [5.74, 6) is 5.69. The summed E-state index contributed by atoms with van der Waals surface area (Å²) in [6.07, 6.45) is 1.10. The second-order valence-corrected chi connectivity index (χ2v) is 10.2. The van der Waals surface area contributed by atoms with E-state index in [1.54, 1.807) is 0 Å². The van der Waals surface area contributed by atoms with Gasteiger partial charge in [0.05, 0.1) is 0 Å². The van der Waals surface area contributed by atoms with Gasteiger partial charge in [-0.2, -0.15) is 0 Å². The summed E-state index contributed by atoms with van der Waals surface area (Å²) in [6, 6.07) is 13.3. The number of amidine groups is 1. The van der Waals surface area contributed by atoms with E-state index in [2.05, 4.69) is 90.1 Å². The molecule has 3 amide bonds. The van der Waals surface area contributed by atoms with Crippen molar-refractivity contribution in [2.24, 2.45) is 0 Å². The second-order valence-electron chi connectivity index (χ2n) is 10.2. The number of urea groups is 1. The third kappa shape index (κ3) is 6.32. The van der Waals surface area contributed by atoms with E-state index >= 15 is 0 Å². The summed E-state index contributed by atoms with van der Waals surface area (Å²) in [5.41, 5.74) is 6.94. The summed E-state index contributed by atoms with van der Waals surface area (Å²) in [6.45, 7) is 16.6. The van der Waals surface area contributed by atoms with Crippen LogP contribution >= 0.6 is 0 Å². The van der Waals surface area contributed by atoms with E-state index in [0.717, 1.165) is 43.7 Å². The Hall–Kier alpha value is -4.09. The monoisotopic (exact) mass is 526 g/mol. The van der Waals surface area contributed by atoms with E-state index in [-0.39, 0.29) is 12.1 Å². The van der Waals surface area contributed by atoms with Gasteiger partial charge >= 0.3 is 6.03 Å². The van der Waals surface area contributed by atoms with Crippen LogP contribution in [-0.4, -0.2) is 65.3 Å². The maximum Gasteiger partial charge on any atom is 0.322 e. The van der Waals surface area contributed by atoms with Crippen LogP contribution in [0, 0.1) is 17.3 Å². The number of rotatable bonds is 3. The molecule has 2 aromatic carbocycles. The number of piperazine rings is 1. The summed E-state index contributed by atoms with van der Waals surface area (Å²) in [5, 5.41) is 16.4. The standard InChI is InChI=1S/C18H21N5O2.C13H17N/c1-11-9-20-10-12(2)23(11)16(19)14-6-3-13(4-7-14)5-8-15-17(24)22-18(25)21-15;1-4-11-6-7-12-9-14(5-2)10(3)13(12)8-11/h3-4,6-7,11-12,15,19-20H,9-10H2,1-2H3,(H2,21,22,24,25);6-8H,3-5,9H2,1-2H3. The predicted molar refractivity (Wildman–Crippen MR) is 155 cm³/mol. The number of nitrogens with one attached hydrogen (secondary N) is 4. The number of aryl methyl sites for hydroxylation is 1. The van der Waals surface area contributed by atoms with Crippen LogP contribution in [-0.2, 0) is 17.8 Å². The summed E-state index contributed by atoms with van der Waals surface area (Å²) >= 11 is 0. The SMILES string of the molecule is C=C1c2cc(CC)ccc2CN1CC.CC1CNCC(C)N1C(=N)c1ccc(C#CC2NC(=O)NC2=O)cc1. The first kappa shape index (κ1) is 27.9. The van der Waals surface area contributed by atoms with E-state index in [4.69, 9.17) is 5.41 Å². The fourth-order valence-electron chi connectivity index (χ4n) is 5.13. The molecule has 0 aromatic heterocycles. The first-order valence-electron chi connectivity index (χ1n) is 13.6. The molecule has 0 saturated carbocycles. The number of fused-ring (bicyclic) bond motifs is 1. The highest BCUT2D eigenvalue weighted by Crippen LogP contribution is 2.31. The first-order valence-corrected chi connectivity index (χ1v) is 13.6. The molecule has 3 atom stereocenters. The molecule has 3 unspecified atom stereocenters. The minimum atomic E-state index is -0.812. The van der Waals surface area contributed by atoms with E-state index in [9.17, 15) is 9.59 Å². The number of amides is 3. The molecule has 0 radical (unpaired) electrons. The average molecular weight is 527 g/mol. The average Bonchev–Trinajstić information content (AvgIpc) is 3.44. The van der Waals surface area contributed by atoms with Crippen LogP contribution in [0.2, 0.25) is 0 Å². The number of benzene rings is 2. The molecule has 3 heterocycles. The Labute approximate surface area is 231 Å². The van der Waals surface area contributed by atoms with Gasteiger partial charge in [-0.25, -0.2) is 4.79 Å². The van der Waals surface area contributed by atoms with Crippen LogP contribution in [0.1, 0.15) is 55.5 Å². The highest BCUT2D eigenvalue weighted by Gasteiger charge is 2.28. The maximum atomic E-state index is 11.5. The lowest BCUT2D eigenvalue weighted by Gasteiger charge is -2.41. The molecule has 8 nitrogen and oxygen atoms in total. The summed E-state index contributed by atoms with van der Waals surface area (Å²) in [4.78, 5) is 26.9. The molecule has 5 rings (SSSR count). The lowest BCUT2D eigenvalue weighted by molar-refractivity contribution is -0.119. The Balaban J connectivity index is 0.000000212. The van der Waals surface area contributed by atoms with Gasteiger partial charge in [-0.3, -0.25) is 15.5 Å². The Morgan fingerprint density at radius 1 is 1.08 bits per heavy atom. The molecule has 3 aliphatic heterocycles. The Kier molecular flexibility index (Phi) is 8.72. The van der Waals surface area contributed by atoms with Crippen molar-refractivity contribution in [1.29, 1.82) is 5.41 Å². The molecule has 2 saturated heterocycles. The Morgan fingerprint density at radius 2 is 1.77 bits per heavy atom. The minimum Gasteiger partial charge on any atom is -0.367 e. The molecule has 39 heavy (non-hydrogen) atoms. The van der Waals surface area contributed by atoms with Gasteiger partial charge in [0.1, 0.15) is 5.84 Å². The number of nitrogens with zero attached hydrogens (tertiary/aromatic N) is 2. The molecular formula is C31H38N6O2. The molecular weight excluding hydrogens is 488 g/mol. The third-order valence-electron chi connectivity index (χ3n) is 7.40. The predicted octanol–water partition coefficient (Wildman–Crippen LogP) is 3.31. The lowest BCUT2D eigenvalue weighted by Crippen LogP contribution is -2.57. The third-order valence-corrected chi connectivity index (χ3v) is 7.40.